The van der Waals surface area contributed by atoms with Gasteiger partial charge in [0.15, 0.2) is 0 Å². The van der Waals surface area contributed by atoms with E-state index < -0.39 is 0 Å². The second kappa shape index (κ2) is 7.51. The Morgan fingerprint density at radius 1 is 1.33 bits per heavy atom. The molecule has 2 rings (SSSR count). The molecule has 0 radical (unpaired) electrons. The van der Waals surface area contributed by atoms with Crippen molar-refractivity contribution >= 4 is 23.2 Å². The van der Waals surface area contributed by atoms with Crippen LogP contribution in [0.5, 0.6) is 0 Å². The summed E-state index contributed by atoms with van der Waals surface area (Å²) in [7, 11) is 0. The molecule has 0 aliphatic carbocycles. The second-order valence-electron chi connectivity index (χ2n) is 5.61. The molecule has 1 aromatic heterocycles. The summed E-state index contributed by atoms with van der Waals surface area (Å²) in [5, 5.41) is 2.66. The lowest BCUT2D eigenvalue weighted by molar-refractivity contribution is -0.129. The number of hydrogen-bond donors (Lipinski definition) is 2. The monoisotopic (exact) mass is 310 g/mol. The Hall–Kier alpha value is -1.47. The third-order valence-corrected chi connectivity index (χ3v) is 4.53. The fourth-order valence-electron chi connectivity index (χ4n) is 2.27. The molecule has 1 saturated heterocycles. The lowest BCUT2D eigenvalue weighted by atomic mass is 9.99. The first-order valence-electron chi connectivity index (χ1n) is 7.24. The molecule has 0 unspecified atom stereocenters. The molecule has 116 valence electrons. The Balaban J connectivity index is 1.65. The van der Waals surface area contributed by atoms with Crippen molar-refractivity contribution in [2.45, 2.75) is 33.1 Å². The Kier molecular flexibility index (Phi) is 5.69. The van der Waals surface area contributed by atoms with Gasteiger partial charge in [-0.25, -0.2) is 4.98 Å². The van der Waals surface area contributed by atoms with E-state index in [0.29, 0.717) is 6.54 Å². The zero-order valence-electron chi connectivity index (χ0n) is 12.5. The molecule has 2 N–H and O–H groups in total. The number of likely N-dealkylation sites (tertiary alicyclic amines) is 1. The standard InChI is InChI=1S/C14H22N4O2S/c1-10-3-5-18(6-4-10)8-13(20)17-16-12(19)7-14-15-11(2)9-21-14/h9-10H,3-8H2,1-2H3,(H,16,19)(H,17,20). The van der Waals surface area contributed by atoms with E-state index in [1.165, 1.54) is 11.3 Å². The van der Waals surface area contributed by atoms with Crippen LogP contribution in [-0.4, -0.2) is 41.3 Å². The summed E-state index contributed by atoms with van der Waals surface area (Å²) in [6.07, 6.45) is 2.45. The molecule has 0 bridgehead atoms. The van der Waals surface area contributed by atoms with Gasteiger partial charge in [0, 0.05) is 11.1 Å². The molecule has 0 spiro atoms. The number of amides is 2. The third-order valence-electron chi connectivity index (χ3n) is 3.56. The summed E-state index contributed by atoms with van der Waals surface area (Å²) in [6.45, 7) is 6.35. The van der Waals surface area contributed by atoms with E-state index in [1.54, 1.807) is 0 Å². The van der Waals surface area contributed by atoms with E-state index in [2.05, 4.69) is 27.7 Å². The maximum atomic E-state index is 11.8. The molecule has 0 aromatic carbocycles. The average Bonchev–Trinajstić information content (AvgIpc) is 2.84. The number of piperidine rings is 1. The summed E-state index contributed by atoms with van der Waals surface area (Å²) < 4.78 is 0. The van der Waals surface area contributed by atoms with Crippen LogP contribution in [0, 0.1) is 12.8 Å². The van der Waals surface area contributed by atoms with Gasteiger partial charge in [-0.1, -0.05) is 6.92 Å². The minimum Gasteiger partial charge on any atom is -0.294 e. The highest BCUT2D eigenvalue weighted by Crippen LogP contribution is 2.15. The number of carbonyl (C=O) groups excluding carboxylic acids is 2. The summed E-state index contributed by atoms with van der Waals surface area (Å²) in [5.41, 5.74) is 5.81. The van der Waals surface area contributed by atoms with Crippen molar-refractivity contribution in [1.82, 2.24) is 20.7 Å². The van der Waals surface area contributed by atoms with Crippen molar-refractivity contribution in [1.29, 1.82) is 0 Å². The maximum Gasteiger partial charge on any atom is 0.252 e. The number of thiazole rings is 1. The quantitative estimate of drug-likeness (QED) is 0.810. The highest BCUT2D eigenvalue weighted by atomic mass is 32.1. The summed E-state index contributed by atoms with van der Waals surface area (Å²) in [6, 6.07) is 0. The van der Waals surface area contributed by atoms with Crippen LogP contribution in [-0.2, 0) is 16.0 Å². The molecule has 21 heavy (non-hydrogen) atoms. The van der Waals surface area contributed by atoms with Crippen LogP contribution in [0.15, 0.2) is 5.38 Å². The van der Waals surface area contributed by atoms with Gasteiger partial charge in [-0.05, 0) is 38.8 Å². The van der Waals surface area contributed by atoms with Gasteiger partial charge in [-0.2, -0.15) is 0 Å². The van der Waals surface area contributed by atoms with Crippen molar-refractivity contribution in [3.05, 3.63) is 16.1 Å². The van der Waals surface area contributed by atoms with E-state index >= 15 is 0 Å². The van der Waals surface area contributed by atoms with Crippen molar-refractivity contribution in [2.75, 3.05) is 19.6 Å². The number of hydrazine groups is 1. The molecule has 1 aliphatic rings. The summed E-state index contributed by atoms with van der Waals surface area (Å²) in [4.78, 5) is 29.8. The van der Waals surface area contributed by atoms with Gasteiger partial charge in [0.2, 0.25) is 5.91 Å². The number of aryl methyl sites for hydroxylation is 1. The molecule has 2 amide bonds. The van der Waals surface area contributed by atoms with Crippen molar-refractivity contribution < 1.29 is 9.59 Å². The van der Waals surface area contributed by atoms with Gasteiger partial charge < -0.3 is 0 Å². The van der Waals surface area contributed by atoms with Gasteiger partial charge >= 0.3 is 0 Å². The maximum absolute atomic E-state index is 11.8. The molecule has 2 heterocycles. The van der Waals surface area contributed by atoms with E-state index in [1.807, 2.05) is 12.3 Å². The smallest absolute Gasteiger partial charge is 0.252 e. The number of hydrogen-bond acceptors (Lipinski definition) is 5. The Bertz CT molecular complexity index is 495. The zero-order valence-corrected chi connectivity index (χ0v) is 13.3. The fraction of sp³-hybridized carbons (Fsp3) is 0.643. The van der Waals surface area contributed by atoms with Gasteiger partial charge in [-0.3, -0.25) is 25.3 Å². The van der Waals surface area contributed by atoms with Crippen LogP contribution in [0.4, 0.5) is 0 Å². The molecular weight excluding hydrogens is 288 g/mol. The molecule has 6 nitrogen and oxygen atoms in total. The van der Waals surface area contributed by atoms with Gasteiger partial charge in [0.05, 0.1) is 13.0 Å². The van der Waals surface area contributed by atoms with Gasteiger partial charge in [0.1, 0.15) is 5.01 Å². The predicted molar refractivity (Wildman–Crippen MR) is 81.7 cm³/mol. The fourth-order valence-corrected chi connectivity index (χ4v) is 3.04. The summed E-state index contributed by atoms with van der Waals surface area (Å²) >= 11 is 1.45. The zero-order chi connectivity index (χ0) is 15.2. The second-order valence-corrected chi connectivity index (χ2v) is 6.56. The lowest BCUT2D eigenvalue weighted by Crippen LogP contribution is -2.48. The van der Waals surface area contributed by atoms with E-state index in [-0.39, 0.29) is 18.2 Å². The first kappa shape index (κ1) is 15.9. The van der Waals surface area contributed by atoms with Crippen molar-refractivity contribution in [2.24, 2.45) is 5.92 Å². The molecular formula is C14H22N4O2S. The Morgan fingerprint density at radius 3 is 2.62 bits per heavy atom. The Morgan fingerprint density at radius 2 is 2.00 bits per heavy atom. The number of rotatable bonds is 4. The summed E-state index contributed by atoms with van der Waals surface area (Å²) in [5.74, 6) is 0.323. The predicted octanol–water partition coefficient (Wildman–Crippen LogP) is 0.873. The molecule has 0 atom stereocenters. The van der Waals surface area contributed by atoms with Crippen LogP contribution >= 0.6 is 11.3 Å². The molecule has 7 heteroatoms. The average molecular weight is 310 g/mol. The minimum absolute atomic E-state index is 0.173. The van der Waals surface area contributed by atoms with E-state index in [4.69, 9.17) is 0 Å². The molecule has 1 fully saturated rings. The SMILES string of the molecule is Cc1csc(CC(=O)NNC(=O)CN2CCC(C)CC2)n1. The van der Waals surface area contributed by atoms with Gasteiger partial charge in [-0.15, -0.1) is 11.3 Å². The number of aromatic nitrogens is 1. The van der Waals surface area contributed by atoms with Crippen LogP contribution in [0.1, 0.15) is 30.5 Å². The molecule has 1 aromatic rings. The number of nitrogens with zero attached hydrogens (tertiary/aromatic N) is 2. The highest BCUT2D eigenvalue weighted by molar-refractivity contribution is 7.09. The van der Waals surface area contributed by atoms with Gasteiger partial charge in [0.25, 0.3) is 5.91 Å². The largest absolute Gasteiger partial charge is 0.294 e. The van der Waals surface area contributed by atoms with Crippen molar-refractivity contribution in [3.8, 4) is 0 Å². The van der Waals surface area contributed by atoms with Crippen LogP contribution in [0.3, 0.4) is 0 Å². The van der Waals surface area contributed by atoms with Crippen LogP contribution < -0.4 is 10.9 Å². The molecule has 1 aliphatic heterocycles. The highest BCUT2D eigenvalue weighted by Gasteiger charge is 2.18. The number of carbonyl (C=O) groups is 2. The van der Waals surface area contributed by atoms with E-state index in [9.17, 15) is 9.59 Å². The first-order valence-corrected chi connectivity index (χ1v) is 8.12. The topological polar surface area (TPSA) is 74.3 Å². The van der Waals surface area contributed by atoms with Crippen molar-refractivity contribution in [3.63, 3.8) is 0 Å². The third kappa shape index (κ3) is 5.43. The van der Waals surface area contributed by atoms with Crippen LogP contribution in [0.2, 0.25) is 0 Å². The molecule has 0 saturated carbocycles. The van der Waals surface area contributed by atoms with Crippen LogP contribution in [0.25, 0.3) is 0 Å². The normalized spacial score (nSPS) is 16.7. The first-order chi connectivity index (χ1) is 10.0. The Labute approximate surface area is 128 Å². The minimum atomic E-state index is -0.245. The number of nitrogens with one attached hydrogen (secondary N) is 2. The lowest BCUT2D eigenvalue weighted by Gasteiger charge is -2.29. The van der Waals surface area contributed by atoms with E-state index in [0.717, 1.165) is 42.6 Å².